The van der Waals surface area contributed by atoms with Gasteiger partial charge in [0.2, 0.25) is 5.91 Å². The van der Waals surface area contributed by atoms with E-state index in [1.165, 1.54) is 17.2 Å². The molecule has 0 radical (unpaired) electrons. The molecule has 0 bridgehead atoms. The molecule has 0 unspecified atom stereocenters. The summed E-state index contributed by atoms with van der Waals surface area (Å²) in [4.78, 5) is 24.5. The van der Waals surface area contributed by atoms with Crippen molar-refractivity contribution in [1.29, 1.82) is 0 Å². The van der Waals surface area contributed by atoms with Crippen LogP contribution in [0.1, 0.15) is 24.4 Å². The quantitative estimate of drug-likeness (QED) is 0.788. The third kappa shape index (κ3) is 4.58. The molecule has 1 heterocycles. The van der Waals surface area contributed by atoms with Crippen LogP contribution in [0.4, 0.5) is 0 Å². The number of amides is 2. The Bertz CT molecular complexity index is 406. The summed E-state index contributed by atoms with van der Waals surface area (Å²) in [7, 11) is 1.57. The molecule has 6 heteroatoms. The van der Waals surface area contributed by atoms with Crippen molar-refractivity contribution < 1.29 is 19.1 Å². The normalized spacial score (nSPS) is 11.1. The first-order valence-electron chi connectivity index (χ1n) is 5.57. The van der Waals surface area contributed by atoms with Crippen LogP contribution in [0.15, 0.2) is 22.8 Å². The first kappa shape index (κ1) is 14.2. The maximum absolute atomic E-state index is 11.7. The third-order valence-corrected chi connectivity index (χ3v) is 2.20. The fourth-order valence-electron chi connectivity index (χ4n) is 1.45. The average Bonchev–Trinajstić information content (AvgIpc) is 2.76. The van der Waals surface area contributed by atoms with Crippen molar-refractivity contribution in [3.63, 3.8) is 0 Å². The molecule has 6 nitrogen and oxygen atoms in total. The fourth-order valence-corrected chi connectivity index (χ4v) is 1.45. The Morgan fingerprint density at radius 2 is 2.17 bits per heavy atom. The number of nitrogens with zero attached hydrogens (tertiary/aromatic N) is 1. The predicted octanol–water partition coefficient (Wildman–Crippen LogP) is 0.239. The van der Waals surface area contributed by atoms with Crippen LogP contribution in [0.5, 0.6) is 0 Å². The lowest BCUT2D eigenvalue weighted by Gasteiger charge is -2.25. The van der Waals surface area contributed by atoms with Gasteiger partial charge >= 0.3 is 0 Å². The lowest BCUT2D eigenvalue weighted by atomic mass is 10.1. The number of hydrogen-bond donors (Lipinski definition) is 2. The fraction of sp³-hybridized carbons (Fsp3) is 0.500. The van der Waals surface area contributed by atoms with Crippen molar-refractivity contribution >= 4 is 11.8 Å². The molecule has 2 amide bonds. The maximum Gasteiger partial charge on any atom is 0.287 e. The molecular formula is C12H18N2O4. The monoisotopic (exact) mass is 254 g/mol. The van der Waals surface area contributed by atoms with E-state index < -0.39 is 11.5 Å². The first-order valence-corrected chi connectivity index (χ1v) is 5.57. The maximum atomic E-state index is 11.7. The molecule has 18 heavy (non-hydrogen) atoms. The first-order chi connectivity index (χ1) is 8.29. The number of carbonyl (C=O) groups is 2. The molecule has 0 spiro atoms. The van der Waals surface area contributed by atoms with Gasteiger partial charge in [-0.1, -0.05) is 0 Å². The Kier molecular flexibility index (Phi) is 4.49. The van der Waals surface area contributed by atoms with Gasteiger partial charge < -0.3 is 19.7 Å². The number of nitrogens with one attached hydrogen (secondary N) is 1. The highest BCUT2D eigenvalue weighted by Crippen LogP contribution is 2.03. The summed E-state index contributed by atoms with van der Waals surface area (Å²) in [5.74, 6) is -0.560. The van der Waals surface area contributed by atoms with E-state index in [4.69, 9.17) is 4.42 Å². The molecule has 0 aliphatic carbocycles. The molecule has 0 aromatic carbocycles. The van der Waals surface area contributed by atoms with E-state index in [-0.39, 0.29) is 24.8 Å². The Morgan fingerprint density at radius 1 is 1.50 bits per heavy atom. The topological polar surface area (TPSA) is 82.8 Å². The number of aliphatic hydroxyl groups is 1. The average molecular weight is 254 g/mol. The molecule has 0 atom stereocenters. The lowest BCUT2D eigenvalue weighted by molar-refractivity contribution is -0.131. The van der Waals surface area contributed by atoms with Gasteiger partial charge in [-0.3, -0.25) is 9.59 Å². The van der Waals surface area contributed by atoms with Crippen LogP contribution < -0.4 is 5.32 Å². The second-order valence-corrected chi connectivity index (χ2v) is 4.72. The lowest BCUT2D eigenvalue weighted by Crippen LogP contribution is -2.44. The SMILES string of the molecule is CN(CC(C)(C)O)C(=O)CNC(=O)c1ccco1. The summed E-state index contributed by atoms with van der Waals surface area (Å²) in [5.41, 5.74) is -0.963. The largest absolute Gasteiger partial charge is 0.459 e. The predicted molar refractivity (Wildman–Crippen MR) is 65.0 cm³/mol. The van der Waals surface area contributed by atoms with Crippen LogP contribution in [0, 0.1) is 0 Å². The van der Waals surface area contributed by atoms with Crippen molar-refractivity contribution in [2.24, 2.45) is 0 Å². The molecule has 0 saturated heterocycles. The Hall–Kier alpha value is -1.82. The number of furan rings is 1. The minimum atomic E-state index is -0.963. The third-order valence-electron chi connectivity index (χ3n) is 2.20. The van der Waals surface area contributed by atoms with E-state index in [2.05, 4.69) is 5.32 Å². The van der Waals surface area contributed by atoms with E-state index in [1.54, 1.807) is 27.0 Å². The van der Waals surface area contributed by atoms with Crippen LogP contribution >= 0.6 is 0 Å². The van der Waals surface area contributed by atoms with Crippen LogP contribution in [-0.2, 0) is 4.79 Å². The summed E-state index contributed by atoms with van der Waals surface area (Å²) < 4.78 is 4.89. The molecule has 1 aromatic heterocycles. The summed E-state index contributed by atoms with van der Waals surface area (Å²) in [6.07, 6.45) is 1.39. The van der Waals surface area contributed by atoms with Crippen molar-refractivity contribution in [2.45, 2.75) is 19.4 Å². The minimum absolute atomic E-state index is 0.133. The van der Waals surface area contributed by atoms with Crippen molar-refractivity contribution in [1.82, 2.24) is 10.2 Å². The zero-order valence-corrected chi connectivity index (χ0v) is 10.8. The summed E-state index contributed by atoms with van der Waals surface area (Å²) in [6.45, 7) is 3.28. The molecule has 0 saturated carbocycles. The molecule has 0 aliphatic heterocycles. The van der Waals surface area contributed by atoms with Gasteiger partial charge in [0.05, 0.1) is 18.4 Å². The van der Waals surface area contributed by atoms with Crippen LogP contribution in [0.2, 0.25) is 0 Å². The molecule has 1 aromatic rings. The van der Waals surface area contributed by atoms with Gasteiger partial charge in [0.15, 0.2) is 5.76 Å². The molecule has 1 rings (SSSR count). The van der Waals surface area contributed by atoms with Crippen LogP contribution in [0.3, 0.4) is 0 Å². The van der Waals surface area contributed by atoms with Gasteiger partial charge in [0, 0.05) is 13.6 Å². The Morgan fingerprint density at radius 3 is 2.67 bits per heavy atom. The molecule has 2 N–H and O–H groups in total. The van der Waals surface area contributed by atoms with E-state index in [0.29, 0.717) is 0 Å². The standard InChI is InChI=1S/C12H18N2O4/c1-12(2,17)8-14(3)10(15)7-13-11(16)9-5-4-6-18-9/h4-6,17H,7-8H2,1-3H3,(H,13,16). The number of carbonyl (C=O) groups excluding carboxylic acids is 2. The highest BCUT2D eigenvalue weighted by atomic mass is 16.3. The van der Waals surface area contributed by atoms with Crippen molar-refractivity contribution in [3.05, 3.63) is 24.2 Å². The van der Waals surface area contributed by atoms with Gasteiger partial charge in [-0.15, -0.1) is 0 Å². The van der Waals surface area contributed by atoms with E-state index >= 15 is 0 Å². The second-order valence-electron chi connectivity index (χ2n) is 4.72. The highest BCUT2D eigenvalue weighted by Gasteiger charge is 2.20. The van der Waals surface area contributed by atoms with Gasteiger partial charge in [-0.25, -0.2) is 0 Å². The zero-order valence-electron chi connectivity index (χ0n) is 10.8. The van der Waals surface area contributed by atoms with Crippen molar-refractivity contribution in [3.8, 4) is 0 Å². The summed E-state index contributed by atoms with van der Waals surface area (Å²) >= 11 is 0. The summed E-state index contributed by atoms with van der Waals surface area (Å²) in [5, 5.41) is 12.0. The minimum Gasteiger partial charge on any atom is -0.459 e. The number of rotatable bonds is 5. The van der Waals surface area contributed by atoms with Gasteiger partial charge in [-0.05, 0) is 26.0 Å². The molecule has 100 valence electrons. The smallest absolute Gasteiger partial charge is 0.287 e. The highest BCUT2D eigenvalue weighted by molar-refractivity contribution is 5.94. The molecular weight excluding hydrogens is 236 g/mol. The van der Waals surface area contributed by atoms with Crippen molar-refractivity contribution in [2.75, 3.05) is 20.1 Å². The van der Waals surface area contributed by atoms with Gasteiger partial charge in [0.25, 0.3) is 5.91 Å². The molecule has 0 fully saturated rings. The van der Waals surface area contributed by atoms with E-state index in [1.807, 2.05) is 0 Å². The summed E-state index contributed by atoms with van der Waals surface area (Å²) in [6, 6.07) is 3.11. The van der Waals surface area contributed by atoms with Crippen LogP contribution in [0.25, 0.3) is 0 Å². The number of likely N-dealkylation sites (N-methyl/N-ethyl adjacent to an activating group) is 1. The number of hydrogen-bond acceptors (Lipinski definition) is 4. The second kappa shape index (κ2) is 5.68. The van der Waals surface area contributed by atoms with Gasteiger partial charge in [0.1, 0.15) is 0 Å². The Labute approximate surface area is 106 Å². The zero-order chi connectivity index (χ0) is 13.8. The van der Waals surface area contributed by atoms with Gasteiger partial charge in [-0.2, -0.15) is 0 Å². The van der Waals surface area contributed by atoms with E-state index in [9.17, 15) is 14.7 Å². The molecule has 0 aliphatic rings. The van der Waals surface area contributed by atoms with Crippen LogP contribution in [-0.4, -0.2) is 47.6 Å². The Balaban J connectivity index is 2.39. The van der Waals surface area contributed by atoms with E-state index in [0.717, 1.165) is 0 Å².